The Morgan fingerprint density at radius 3 is 3.04 bits per heavy atom. The summed E-state index contributed by atoms with van der Waals surface area (Å²) in [4.78, 5) is 17.3. The first-order chi connectivity index (χ1) is 12.7. The third kappa shape index (κ3) is 3.10. The van der Waals surface area contributed by atoms with Crippen molar-refractivity contribution in [2.45, 2.75) is 39.3 Å². The van der Waals surface area contributed by atoms with Crippen LogP contribution in [-0.4, -0.2) is 38.3 Å². The SMILES string of the molecule is CCn1c(NC(=O)c2ccn(C3CCCNC3)n2)nc2cc(C)ccc21. The highest BCUT2D eigenvalue weighted by Gasteiger charge is 2.19. The Bertz CT molecular complexity index is 935. The summed E-state index contributed by atoms with van der Waals surface area (Å²) in [6.45, 7) is 6.76. The third-order valence-electron chi connectivity index (χ3n) is 4.93. The molecule has 1 aliphatic heterocycles. The fourth-order valence-corrected chi connectivity index (χ4v) is 3.54. The van der Waals surface area contributed by atoms with Crippen molar-refractivity contribution < 1.29 is 4.79 Å². The molecule has 0 bridgehead atoms. The van der Waals surface area contributed by atoms with Crippen LogP contribution in [0.15, 0.2) is 30.5 Å². The van der Waals surface area contributed by atoms with E-state index < -0.39 is 0 Å². The molecule has 0 saturated carbocycles. The van der Waals surface area contributed by atoms with Crippen LogP contribution in [0.2, 0.25) is 0 Å². The molecular formula is C19H24N6O. The number of rotatable bonds is 4. The van der Waals surface area contributed by atoms with Crippen LogP contribution in [-0.2, 0) is 6.54 Å². The second kappa shape index (κ2) is 6.92. The fraction of sp³-hybridized carbons (Fsp3) is 0.421. The number of carbonyl (C=O) groups excluding carboxylic acids is 1. The van der Waals surface area contributed by atoms with Crippen molar-refractivity contribution >= 4 is 22.9 Å². The summed E-state index contributed by atoms with van der Waals surface area (Å²) in [6, 6.07) is 8.21. The van der Waals surface area contributed by atoms with Crippen LogP contribution in [0.1, 0.15) is 41.9 Å². The number of fused-ring (bicyclic) bond motifs is 1. The highest BCUT2D eigenvalue weighted by molar-refractivity contribution is 6.02. The molecule has 1 atom stereocenters. The molecule has 2 aromatic heterocycles. The molecule has 4 rings (SSSR count). The van der Waals surface area contributed by atoms with Crippen LogP contribution in [0, 0.1) is 6.92 Å². The van der Waals surface area contributed by atoms with Crippen molar-refractivity contribution in [3.63, 3.8) is 0 Å². The average molecular weight is 352 g/mol. The van der Waals surface area contributed by atoms with E-state index in [1.165, 1.54) is 0 Å². The number of amides is 1. The number of anilines is 1. The third-order valence-corrected chi connectivity index (χ3v) is 4.93. The van der Waals surface area contributed by atoms with Gasteiger partial charge in [-0.2, -0.15) is 5.10 Å². The number of hydrogen-bond acceptors (Lipinski definition) is 4. The second-order valence-electron chi connectivity index (χ2n) is 6.81. The average Bonchev–Trinajstić information content (AvgIpc) is 3.26. The van der Waals surface area contributed by atoms with Gasteiger partial charge in [0.15, 0.2) is 5.69 Å². The van der Waals surface area contributed by atoms with Crippen LogP contribution in [0.25, 0.3) is 11.0 Å². The first-order valence-electron chi connectivity index (χ1n) is 9.20. The topological polar surface area (TPSA) is 76.8 Å². The summed E-state index contributed by atoms with van der Waals surface area (Å²) < 4.78 is 3.90. The maximum absolute atomic E-state index is 12.7. The predicted octanol–water partition coefficient (Wildman–Crippen LogP) is 2.74. The van der Waals surface area contributed by atoms with E-state index in [2.05, 4.69) is 26.8 Å². The van der Waals surface area contributed by atoms with Gasteiger partial charge in [-0.3, -0.25) is 14.8 Å². The Kier molecular flexibility index (Phi) is 4.46. The zero-order valence-corrected chi connectivity index (χ0v) is 15.2. The van der Waals surface area contributed by atoms with E-state index in [-0.39, 0.29) is 5.91 Å². The lowest BCUT2D eigenvalue weighted by Crippen LogP contribution is -2.32. The second-order valence-corrected chi connectivity index (χ2v) is 6.81. The molecule has 2 N–H and O–H groups in total. The molecule has 136 valence electrons. The Morgan fingerprint density at radius 1 is 1.38 bits per heavy atom. The zero-order valence-electron chi connectivity index (χ0n) is 15.2. The Hall–Kier alpha value is -2.67. The van der Waals surface area contributed by atoms with Gasteiger partial charge in [-0.15, -0.1) is 0 Å². The van der Waals surface area contributed by atoms with E-state index in [4.69, 9.17) is 0 Å². The number of piperidine rings is 1. The molecule has 3 aromatic rings. The van der Waals surface area contributed by atoms with Crippen molar-refractivity contribution in [1.82, 2.24) is 24.6 Å². The van der Waals surface area contributed by atoms with E-state index in [0.29, 0.717) is 17.7 Å². The highest BCUT2D eigenvalue weighted by atomic mass is 16.2. The molecule has 1 unspecified atom stereocenters. The summed E-state index contributed by atoms with van der Waals surface area (Å²) >= 11 is 0. The number of nitrogens with one attached hydrogen (secondary N) is 2. The standard InChI is InChI=1S/C19H24N6O/c1-3-24-17-7-6-13(2)11-16(17)21-19(24)22-18(26)15-8-10-25(23-15)14-5-4-9-20-12-14/h6-8,10-11,14,20H,3-5,9,12H2,1-2H3,(H,21,22,26). The Balaban J connectivity index is 1.56. The number of benzene rings is 1. The first kappa shape index (κ1) is 16.8. The molecular weight excluding hydrogens is 328 g/mol. The molecule has 26 heavy (non-hydrogen) atoms. The summed E-state index contributed by atoms with van der Waals surface area (Å²) in [5.74, 6) is 0.334. The van der Waals surface area contributed by atoms with Gasteiger partial charge in [0.2, 0.25) is 5.95 Å². The van der Waals surface area contributed by atoms with Crippen LogP contribution in [0.5, 0.6) is 0 Å². The molecule has 1 saturated heterocycles. The fourth-order valence-electron chi connectivity index (χ4n) is 3.54. The van der Waals surface area contributed by atoms with Gasteiger partial charge in [-0.1, -0.05) is 6.07 Å². The van der Waals surface area contributed by atoms with Crippen LogP contribution < -0.4 is 10.6 Å². The molecule has 1 aromatic carbocycles. The lowest BCUT2D eigenvalue weighted by Gasteiger charge is -2.22. The minimum atomic E-state index is -0.228. The van der Waals surface area contributed by atoms with Crippen LogP contribution in [0.4, 0.5) is 5.95 Å². The van der Waals surface area contributed by atoms with Gasteiger partial charge in [-0.05, 0) is 57.0 Å². The molecule has 7 nitrogen and oxygen atoms in total. The quantitative estimate of drug-likeness (QED) is 0.757. The van der Waals surface area contributed by atoms with Crippen molar-refractivity contribution in [3.05, 3.63) is 41.7 Å². The normalized spacial score (nSPS) is 17.5. The smallest absolute Gasteiger partial charge is 0.278 e. The van der Waals surface area contributed by atoms with Crippen molar-refractivity contribution in [2.24, 2.45) is 0 Å². The van der Waals surface area contributed by atoms with E-state index in [9.17, 15) is 4.79 Å². The van der Waals surface area contributed by atoms with Gasteiger partial charge in [0, 0.05) is 19.3 Å². The molecule has 1 amide bonds. The lowest BCUT2D eigenvalue weighted by atomic mass is 10.1. The maximum Gasteiger partial charge on any atom is 0.278 e. The zero-order chi connectivity index (χ0) is 18.1. The molecule has 1 aliphatic rings. The van der Waals surface area contributed by atoms with Crippen molar-refractivity contribution in [3.8, 4) is 0 Å². The molecule has 0 radical (unpaired) electrons. The summed E-state index contributed by atoms with van der Waals surface area (Å²) in [6.07, 6.45) is 4.10. The highest BCUT2D eigenvalue weighted by Crippen LogP contribution is 2.21. The van der Waals surface area contributed by atoms with Gasteiger partial charge in [0.1, 0.15) is 0 Å². The predicted molar refractivity (Wildman–Crippen MR) is 101 cm³/mol. The van der Waals surface area contributed by atoms with Gasteiger partial charge in [0.25, 0.3) is 5.91 Å². The summed E-state index contributed by atoms with van der Waals surface area (Å²) in [5, 5.41) is 10.8. The molecule has 1 fully saturated rings. The summed E-state index contributed by atoms with van der Waals surface area (Å²) in [7, 11) is 0. The number of hydrogen-bond donors (Lipinski definition) is 2. The van der Waals surface area contributed by atoms with Gasteiger partial charge in [-0.25, -0.2) is 4.98 Å². The number of aryl methyl sites for hydroxylation is 2. The van der Waals surface area contributed by atoms with Gasteiger partial charge < -0.3 is 9.88 Å². The van der Waals surface area contributed by atoms with E-state index in [1.54, 1.807) is 6.07 Å². The molecule has 0 spiro atoms. The van der Waals surface area contributed by atoms with E-state index in [1.807, 2.05) is 41.4 Å². The van der Waals surface area contributed by atoms with E-state index in [0.717, 1.165) is 49.1 Å². The minimum absolute atomic E-state index is 0.228. The van der Waals surface area contributed by atoms with Gasteiger partial charge in [0.05, 0.1) is 17.1 Å². The number of imidazole rings is 1. The number of nitrogens with zero attached hydrogens (tertiary/aromatic N) is 4. The van der Waals surface area contributed by atoms with Gasteiger partial charge >= 0.3 is 0 Å². The molecule has 0 aliphatic carbocycles. The molecule has 7 heteroatoms. The molecule has 3 heterocycles. The van der Waals surface area contributed by atoms with Crippen molar-refractivity contribution in [2.75, 3.05) is 18.4 Å². The van der Waals surface area contributed by atoms with Crippen LogP contribution in [0.3, 0.4) is 0 Å². The number of carbonyl (C=O) groups is 1. The Morgan fingerprint density at radius 2 is 2.27 bits per heavy atom. The summed E-state index contributed by atoms with van der Waals surface area (Å²) in [5.41, 5.74) is 3.48. The van der Waals surface area contributed by atoms with Crippen LogP contribution >= 0.6 is 0 Å². The van der Waals surface area contributed by atoms with Crippen molar-refractivity contribution in [1.29, 1.82) is 0 Å². The lowest BCUT2D eigenvalue weighted by molar-refractivity contribution is 0.101. The first-order valence-corrected chi connectivity index (χ1v) is 9.20. The largest absolute Gasteiger partial charge is 0.315 e. The maximum atomic E-state index is 12.7. The monoisotopic (exact) mass is 352 g/mol. The minimum Gasteiger partial charge on any atom is -0.315 e. The number of aromatic nitrogens is 4. The van der Waals surface area contributed by atoms with E-state index >= 15 is 0 Å². The Labute approximate surface area is 152 Å².